The first-order valence-corrected chi connectivity index (χ1v) is 6.90. The molecule has 2 bridgehead atoms. The van der Waals surface area contributed by atoms with Gasteiger partial charge in [-0.15, -0.1) is 0 Å². The van der Waals surface area contributed by atoms with Gasteiger partial charge in [0.1, 0.15) is 0 Å². The van der Waals surface area contributed by atoms with Crippen molar-refractivity contribution in [3.63, 3.8) is 0 Å². The maximum atomic E-state index is 12.2. The van der Waals surface area contributed by atoms with E-state index >= 15 is 0 Å². The fraction of sp³-hybridized carbons (Fsp3) is 0.929. The largest absolute Gasteiger partial charge is 0.389 e. The Balaban J connectivity index is 2.04. The Labute approximate surface area is 111 Å². The topological polar surface area (TPSA) is 44.0 Å². The van der Waals surface area contributed by atoms with E-state index in [-0.39, 0.29) is 18.8 Å². The molecule has 4 atom stereocenters. The van der Waals surface area contributed by atoms with Gasteiger partial charge in [0.05, 0.1) is 17.1 Å². The van der Waals surface area contributed by atoms with Gasteiger partial charge in [-0.2, -0.15) is 18.4 Å². The molecule has 0 aromatic heterocycles. The predicted octanol–water partition coefficient (Wildman–Crippen LogP) is 3.80. The molecular weight excluding hydrogens is 255 g/mol. The van der Waals surface area contributed by atoms with E-state index in [4.69, 9.17) is 0 Å². The number of halogens is 3. The minimum Gasteiger partial charge on any atom is -0.389 e. The summed E-state index contributed by atoms with van der Waals surface area (Å²) in [5.74, 6) is 0.627. The molecule has 2 saturated carbocycles. The predicted molar refractivity (Wildman–Crippen MR) is 64.0 cm³/mol. The average Bonchev–Trinajstić information content (AvgIpc) is 2.86. The first-order chi connectivity index (χ1) is 8.70. The number of nitriles is 1. The van der Waals surface area contributed by atoms with Crippen LogP contribution in [-0.2, 0) is 0 Å². The SMILES string of the molecule is CC(O)(CCCC(F)(F)F)C1(C#N)CC2CCC1C2. The monoisotopic (exact) mass is 275 g/mol. The molecule has 1 N–H and O–H groups in total. The molecule has 2 aliphatic rings. The van der Waals surface area contributed by atoms with Crippen molar-refractivity contribution in [1.29, 1.82) is 5.26 Å². The summed E-state index contributed by atoms with van der Waals surface area (Å²) in [6, 6.07) is 2.27. The van der Waals surface area contributed by atoms with Gasteiger partial charge in [0.2, 0.25) is 0 Å². The number of rotatable bonds is 4. The summed E-state index contributed by atoms with van der Waals surface area (Å²) in [6.45, 7) is 1.55. The molecular formula is C14H20F3NO. The van der Waals surface area contributed by atoms with Gasteiger partial charge in [0.15, 0.2) is 0 Å². The smallest absolute Gasteiger partial charge is 0.389 e. The molecule has 2 aliphatic carbocycles. The Morgan fingerprint density at radius 1 is 1.32 bits per heavy atom. The maximum Gasteiger partial charge on any atom is 0.389 e. The van der Waals surface area contributed by atoms with Crippen molar-refractivity contribution in [3.8, 4) is 6.07 Å². The van der Waals surface area contributed by atoms with Crippen molar-refractivity contribution < 1.29 is 18.3 Å². The lowest BCUT2D eigenvalue weighted by atomic mass is 9.62. The van der Waals surface area contributed by atoms with Gasteiger partial charge in [-0.1, -0.05) is 6.42 Å². The van der Waals surface area contributed by atoms with Crippen LogP contribution in [-0.4, -0.2) is 16.9 Å². The second-order valence-corrected chi connectivity index (χ2v) is 6.41. The van der Waals surface area contributed by atoms with Crippen LogP contribution in [0.5, 0.6) is 0 Å². The molecule has 0 aromatic carbocycles. The highest BCUT2D eigenvalue weighted by Gasteiger charge is 2.60. The molecule has 0 aromatic rings. The summed E-state index contributed by atoms with van der Waals surface area (Å²) < 4.78 is 36.6. The van der Waals surface area contributed by atoms with E-state index in [2.05, 4.69) is 6.07 Å². The van der Waals surface area contributed by atoms with Crippen molar-refractivity contribution in [2.24, 2.45) is 17.3 Å². The Hall–Kier alpha value is -0.760. The second kappa shape index (κ2) is 4.66. The van der Waals surface area contributed by atoms with Crippen molar-refractivity contribution in [3.05, 3.63) is 0 Å². The molecule has 108 valence electrons. The molecule has 0 amide bonds. The number of hydrogen-bond acceptors (Lipinski definition) is 2. The Bertz CT molecular complexity index is 385. The Morgan fingerprint density at radius 2 is 2.00 bits per heavy atom. The zero-order chi connectivity index (χ0) is 14.3. The van der Waals surface area contributed by atoms with E-state index in [1.54, 1.807) is 6.92 Å². The molecule has 4 unspecified atom stereocenters. The quantitative estimate of drug-likeness (QED) is 0.848. The summed E-state index contributed by atoms with van der Waals surface area (Å²) in [7, 11) is 0. The van der Waals surface area contributed by atoms with E-state index < -0.39 is 23.6 Å². The zero-order valence-electron chi connectivity index (χ0n) is 11.1. The number of hydrogen-bond donors (Lipinski definition) is 1. The second-order valence-electron chi connectivity index (χ2n) is 6.41. The molecule has 0 spiro atoms. The lowest BCUT2D eigenvalue weighted by molar-refractivity contribution is -0.141. The van der Waals surface area contributed by atoms with Crippen LogP contribution >= 0.6 is 0 Å². The first-order valence-electron chi connectivity index (χ1n) is 6.90. The minimum absolute atomic E-state index is 0.0449. The third kappa shape index (κ3) is 2.60. The molecule has 0 heterocycles. The van der Waals surface area contributed by atoms with Crippen molar-refractivity contribution >= 4 is 0 Å². The first kappa shape index (κ1) is 14.6. The van der Waals surface area contributed by atoms with E-state index in [0.717, 1.165) is 19.3 Å². The van der Waals surface area contributed by atoms with Crippen LogP contribution in [0, 0.1) is 28.6 Å². The van der Waals surface area contributed by atoms with Gasteiger partial charge in [-0.25, -0.2) is 0 Å². The van der Waals surface area contributed by atoms with Crippen LogP contribution in [0.3, 0.4) is 0 Å². The average molecular weight is 275 g/mol. The third-order valence-electron chi connectivity index (χ3n) is 5.13. The summed E-state index contributed by atoms with van der Waals surface area (Å²) in [5, 5.41) is 20.1. The summed E-state index contributed by atoms with van der Waals surface area (Å²) >= 11 is 0. The molecule has 0 saturated heterocycles. The van der Waals surface area contributed by atoms with Gasteiger partial charge >= 0.3 is 6.18 Å². The molecule has 2 fully saturated rings. The van der Waals surface area contributed by atoms with Crippen molar-refractivity contribution in [2.45, 2.75) is 63.6 Å². The molecule has 2 nitrogen and oxygen atoms in total. The van der Waals surface area contributed by atoms with Gasteiger partial charge in [0, 0.05) is 6.42 Å². The molecule has 2 rings (SSSR count). The van der Waals surface area contributed by atoms with Crippen LogP contribution in [0.15, 0.2) is 0 Å². The minimum atomic E-state index is -4.19. The highest BCUT2D eigenvalue weighted by atomic mass is 19.4. The van der Waals surface area contributed by atoms with E-state index in [1.807, 2.05) is 0 Å². The van der Waals surface area contributed by atoms with E-state index in [9.17, 15) is 23.5 Å². The number of aliphatic hydroxyl groups is 1. The number of alkyl halides is 3. The molecule has 19 heavy (non-hydrogen) atoms. The standard InChI is InChI=1S/C14H20F3NO/c1-12(19,5-2-6-14(15,16)17)13(9-18)8-10-3-4-11(13)7-10/h10-11,19H,2-8H2,1H3. The fourth-order valence-electron chi connectivity index (χ4n) is 4.10. The lowest BCUT2D eigenvalue weighted by Crippen LogP contribution is -2.48. The van der Waals surface area contributed by atoms with Crippen molar-refractivity contribution in [2.75, 3.05) is 0 Å². The summed E-state index contributed by atoms with van der Waals surface area (Å²) in [4.78, 5) is 0. The Kier molecular flexibility index (Phi) is 3.59. The van der Waals surface area contributed by atoms with E-state index in [1.165, 1.54) is 0 Å². The number of nitrogens with zero attached hydrogens (tertiary/aromatic N) is 1. The maximum absolute atomic E-state index is 12.2. The fourth-order valence-corrected chi connectivity index (χ4v) is 4.10. The molecule has 0 radical (unpaired) electrons. The lowest BCUT2D eigenvalue weighted by Gasteiger charge is -2.43. The van der Waals surface area contributed by atoms with Crippen molar-refractivity contribution in [1.82, 2.24) is 0 Å². The summed E-state index contributed by atoms with van der Waals surface area (Å²) in [5.41, 5.74) is -2.14. The molecule has 0 aliphatic heterocycles. The van der Waals surface area contributed by atoms with Crippen LogP contribution in [0.4, 0.5) is 13.2 Å². The normalized spacial score (nSPS) is 37.1. The Morgan fingerprint density at radius 3 is 2.42 bits per heavy atom. The summed E-state index contributed by atoms with van der Waals surface area (Å²) in [6.07, 6.45) is -1.54. The van der Waals surface area contributed by atoms with Gasteiger partial charge in [-0.3, -0.25) is 0 Å². The van der Waals surface area contributed by atoms with Gasteiger partial charge in [-0.05, 0) is 50.9 Å². The van der Waals surface area contributed by atoms with Crippen LogP contribution in [0.1, 0.15) is 51.9 Å². The van der Waals surface area contributed by atoms with Gasteiger partial charge < -0.3 is 5.11 Å². The third-order valence-corrected chi connectivity index (χ3v) is 5.13. The highest BCUT2D eigenvalue weighted by molar-refractivity contribution is 5.19. The van der Waals surface area contributed by atoms with Crippen LogP contribution in [0.25, 0.3) is 0 Å². The van der Waals surface area contributed by atoms with E-state index in [0.29, 0.717) is 12.3 Å². The van der Waals surface area contributed by atoms with Crippen LogP contribution < -0.4 is 0 Å². The van der Waals surface area contributed by atoms with Gasteiger partial charge in [0.25, 0.3) is 0 Å². The molecule has 5 heteroatoms. The zero-order valence-corrected chi connectivity index (χ0v) is 11.1. The highest BCUT2D eigenvalue weighted by Crippen LogP contribution is 2.61. The number of fused-ring (bicyclic) bond motifs is 2. The van der Waals surface area contributed by atoms with Crippen LogP contribution in [0.2, 0.25) is 0 Å².